The largest absolute Gasteiger partial charge is 0.389 e. The molecule has 0 spiro atoms. The molecule has 1 aromatic rings. The van der Waals surface area contributed by atoms with Gasteiger partial charge in [-0.2, -0.15) is 0 Å². The minimum absolute atomic E-state index is 0.408. The van der Waals surface area contributed by atoms with E-state index in [1.165, 1.54) is 9.13 Å². The Labute approximate surface area is 118 Å². The maximum Gasteiger partial charge on any atom is 0.0713 e. The smallest absolute Gasteiger partial charge is 0.0713 e. The lowest BCUT2D eigenvalue weighted by Gasteiger charge is -2.41. The summed E-state index contributed by atoms with van der Waals surface area (Å²) in [5.41, 5.74) is 0.772. The molecule has 0 aromatic heterocycles. The Morgan fingerprint density at radius 1 is 1.29 bits per heavy atom. The van der Waals surface area contributed by atoms with Crippen molar-refractivity contribution in [2.24, 2.45) is 11.8 Å². The van der Waals surface area contributed by atoms with Crippen LogP contribution in [0.2, 0.25) is 0 Å². The summed E-state index contributed by atoms with van der Waals surface area (Å²) >= 11 is 2.32. The number of benzene rings is 1. The molecule has 2 heteroatoms. The Hall–Kier alpha value is -0.0900. The number of aliphatic hydroxyl groups is 1. The van der Waals surface area contributed by atoms with E-state index in [4.69, 9.17) is 0 Å². The third-order valence-corrected chi connectivity index (χ3v) is 4.89. The number of hydrogen-bond acceptors (Lipinski definition) is 1. The summed E-state index contributed by atoms with van der Waals surface area (Å²) in [4.78, 5) is 0. The zero-order chi connectivity index (χ0) is 12.5. The Bertz CT molecular complexity index is 373. The fraction of sp³-hybridized carbons (Fsp3) is 0.600. The van der Waals surface area contributed by atoms with E-state index in [1.54, 1.807) is 0 Å². The monoisotopic (exact) mass is 344 g/mol. The van der Waals surface area contributed by atoms with Gasteiger partial charge in [-0.25, -0.2) is 0 Å². The van der Waals surface area contributed by atoms with Crippen LogP contribution < -0.4 is 0 Å². The van der Waals surface area contributed by atoms with Gasteiger partial charge in [0.05, 0.1) is 5.60 Å². The summed E-state index contributed by atoms with van der Waals surface area (Å²) in [5.74, 6) is 1.17. The first-order chi connectivity index (χ1) is 7.99. The molecule has 3 unspecified atom stereocenters. The molecule has 0 amide bonds. The quantitative estimate of drug-likeness (QED) is 0.804. The average molecular weight is 344 g/mol. The Morgan fingerprint density at radius 3 is 2.53 bits per heavy atom. The van der Waals surface area contributed by atoms with Crippen LogP contribution in [0, 0.1) is 15.4 Å². The first-order valence-corrected chi connectivity index (χ1v) is 7.54. The molecule has 17 heavy (non-hydrogen) atoms. The van der Waals surface area contributed by atoms with Crippen LogP contribution in [0.1, 0.15) is 38.7 Å². The second kappa shape index (κ2) is 5.27. The molecule has 2 rings (SSSR count). The normalized spacial score (nSPS) is 33.6. The molecule has 1 N–H and O–H groups in total. The van der Waals surface area contributed by atoms with Gasteiger partial charge in [-0.1, -0.05) is 26.0 Å². The highest BCUT2D eigenvalue weighted by Gasteiger charge is 2.38. The van der Waals surface area contributed by atoms with Crippen molar-refractivity contribution in [3.05, 3.63) is 33.4 Å². The molecule has 1 nitrogen and oxygen atoms in total. The summed E-state index contributed by atoms with van der Waals surface area (Å²) in [5, 5.41) is 10.8. The molecule has 0 bridgehead atoms. The third kappa shape index (κ3) is 3.22. The number of halogens is 1. The van der Waals surface area contributed by atoms with Crippen LogP contribution in [0.15, 0.2) is 24.3 Å². The van der Waals surface area contributed by atoms with Crippen molar-refractivity contribution >= 4 is 22.6 Å². The molecule has 1 saturated carbocycles. The van der Waals surface area contributed by atoms with Gasteiger partial charge in [0.2, 0.25) is 0 Å². The molecule has 3 atom stereocenters. The molecule has 0 radical (unpaired) electrons. The van der Waals surface area contributed by atoms with E-state index in [1.807, 2.05) is 0 Å². The van der Waals surface area contributed by atoms with Gasteiger partial charge in [0.25, 0.3) is 0 Å². The summed E-state index contributed by atoms with van der Waals surface area (Å²) in [7, 11) is 0. The van der Waals surface area contributed by atoms with E-state index in [9.17, 15) is 5.11 Å². The molecule has 0 saturated heterocycles. The van der Waals surface area contributed by atoms with Crippen molar-refractivity contribution < 1.29 is 5.11 Å². The zero-order valence-corrected chi connectivity index (χ0v) is 12.8. The maximum atomic E-state index is 10.8. The van der Waals surface area contributed by atoms with Crippen molar-refractivity contribution in [1.29, 1.82) is 0 Å². The van der Waals surface area contributed by atoms with Crippen molar-refractivity contribution in [3.63, 3.8) is 0 Å². The number of rotatable bonds is 2. The van der Waals surface area contributed by atoms with Gasteiger partial charge < -0.3 is 5.11 Å². The van der Waals surface area contributed by atoms with Crippen LogP contribution in [-0.4, -0.2) is 10.7 Å². The van der Waals surface area contributed by atoms with Crippen LogP contribution in [-0.2, 0) is 6.42 Å². The van der Waals surface area contributed by atoms with Crippen LogP contribution in [0.25, 0.3) is 0 Å². The predicted molar refractivity (Wildman–Crippen MR) is 80.0 cm³/mol. The highest BCUT2D eigenvalue weighted by molar-refractivity contribution is 14.1. The van der Waals surface area contributed by atoms with Gasteiger partial charge >= 0.3 is 0 Å². The predicted octanol–water partition coefficient (Wildman–Crippen LogP) is 4.02. The lowest BCUT2D eigenvalue weighted by molar-refractivity contribution is -0.0522. The first kappa shape index (κ1) is 13.3. The fourth-order valence-corrected chi connectivity index (χ4v) is 3.26. The van der Waals surface area contributed by atoms with Crippen LogP contribution in [0.4, 0.5) is 0 Å². The topological polar surface area (TPSA) is 20.2 Å². The standard InChI is InChI=1S/C15H21IO/c1-11-7-8-15(17,12(2)9-11)10-13-3-5-14(16)6-4-13/h3-6,11-12,17H,7-10H2,1-2H3. The molecule has 94 valence electrons. The second-order valence-electron chi connectivity index (χ2n) is 5.69. The van der Waals surface area contributed by atoms with Crippen molar-refractivity contribution in [1.82, 2.24) is 0 Å². The van der Waals surface area contributed by atoms with Crippen molar-refractivity contribution in [3.8, 4) is 0 Å². The van der Waals surface area contributed by atoms with E-state index in [2.05, 4.69) is 60.7 Å². The van der Waals surface area contributed by atoms with E-state index in [0.29, 0.717) is 5.92 Å². The van der Waals surface area contributed by atoms with Gasteiger partial charge in [-0.15, -0.1) is 0 Å². The van der Waals surface area contributed by atoms with Gasteiger partial charge in [0.1, 0.15) is 0 Å². The fourth-order valence-electron chi connectivity index (χ4n) is 2.90. The SMILES string of the molecule is CC1CCC(O)(Cc2ccc(I)cc2)C(C)C1. The minimum atomic E-state index is -0.487. The zero-order valence-electron chi connectivity index (χ0n) is 10.6. The van der Waals surface area contributed by atoms with Gasteiger partial charge in [-0.3, -0.25) is 0 Å². The molecule has 1 fully saturated rings. The molecular formula is C15H21IO. The highest BCUT2D eigenvalue weighted by atomic mass is 127. The van der Waals surface area contributed by atoms with Gasteiger partial charge in [0.15, 0.2) is 0 Å². The van der Waals surface area contributed by atoms with E-state index in [0.717, 1.165) is 31.6 Å². The van der Waals surface area contributed by atoms with E-state index < -0.39 is 5.60 Å². The van der Waals surface area contributed by atoms with Crippen molar-refractivity contribution in [2.45, 2.75) is 45.1 Å². The first-order valence-electron chi connectivity index (χ1n) is 6.46. The Balaban J connectivity index is 2.09. The summed E-state index contributed by atoms with van der Waals surface area (Å²) < 4.78 is 1.25. The molecule has 1 aromatic carbocycles. The van der Waals surface area contributed by atoms with Gasteiger partial charge in [-0.05, 0) is 71.4 Å². The van der Waals surface area contributed by atoms with E-state index in [-0.39, 0.29) is 0 Å². The molecule has 1 aliphatic carbocycles. The van der Waals surface area contributed by atoms with E-state index >= 15 is 0 Å². The summed E-state index contributed by atoms with van der Waals surface area (Å²) in [6, 6.07) is 8.53. The lowest BCUT2D eigenvalue weighted by Crippen LogP contribution is -2.43. The van der Waals surface area contributed by atoms with Gasteiger partial charge in [0, 0.05) is 9.99 Å². The minimum Gasteiger partial charge on any atom is -0.389 e. The molecular weight excluding hydrogens is 323 g/mol. The molecule has 0 heterocycles. The third-order valence-electron chi connectivity index (χ3n) is 4.17. The lowest BCUT2D eigenvalue weighted by atomic mass is 9.70. The summed E-state index contributed by atoms with van der Waals surface area (Å²) in [6.45, 7) is 4.49. The molecule has 0 aliphatic heterocycles. The van der Waals surface area contributed by atoms with Crippen LogP contribution in [0.3, 0.4) is 0 Å². The van der Waals surface area contributed by atoms with Crippen molar-refractivity contribution in [2.75, 3.05) is 0 Å². The Kier molecular flexibility index (Phi) is 4.14. The Morgan fingerprint density at radius 2 is 1.94 bits per heavy atom. The van der Waals surface area contributed by atoms with Crippen LogP contribution >= 0.6 is 22.6 Å². The maximum absolute atomic E-state index is 10.8. The average Bonchev–Trinajstić information content (AvgIpc) is 2.28. The second-order valence-corrected chi connectivity index (χ2v) is 6.93. The summed E-state index contributed by atoms with van der Waals surface area (Å²) in [6.07, 6.45) is 4.06. The molecule has 1 aliphatic rings. The van der Waals surface area contributed by atoms with Crippen LogP contribution in [0.5, 0.6) is 0 Å². The number of hydrogen-bond donors (Lipinski definition) is 1. The highest BCUT2D eigenvalue weighted by Crippen LogP contribution is 2.38.